The molecule has 0 aliphatic carbocycles. The van der Waals surface area contributed by atoms with Crippen molar-refractivity contribution in [3.05, 3.63) is 53.0 Å². The summed E-state index contributed by atoms with van der Waals surface area (Å²) in [5.41, 5.74) is 2.17. The van der Waals surface area contributed by atoms with E-state index in [-0.39, 0.29) is 31.4 Å². The molecule has 240 valence electrons. The van der Waals surface area contributed by atoms with Crippen molar-refractivity contribution >= 4 is 11.6 Å². The summed E-state index contributed by atoms with van der Waals surface area (Å²) < 4.78 is 131. The van der Waals surface area contributed by atoms with Gasteiger partial charge in [0.2, 0.25) is 5.89 Å². The molecule has 1 aromatic carbocycles. The van der Waals surface area contributed by atoms with Gasteiger partial charge in [0.1, 0.15) is 11.4 Å². The van der Waals surface area contributed by atoms with Crippen LogP contribution in [0, 0.1) is 5.92 Å². The Balaban J connectivity index is 1.79. The number of rotatable bonds is 6. The summed E-state index contributed by atoms with van der Waals surface area (Å²) in [4.78, 5) is 18.3. The average Bonchev–Trinajstić information content (AvgIpc) is 3.39. The summed E-state index contributed by atoms with van der Waals surface area (Å²) in [6.07, 6.45) is -15.8. The van der Waals surface area contributed by atoms with Crippen LogP contribution in [0.2, 0.25) is 0 Å². The van der Waals surface area contributed by atoms with Gasteiger partial charge in [0, 0.05) is 25.6 Å². The largest absolute Gasteiger partial charge is 0.573 e. The summed E-state index contributed by atoms with van der Waals surface area (Å²) in [6, 6.07) is 4.65. The number of carbonyl (C=O) groups excluding carboxylic acids is 1. The van der Waals surface area contributed by atoms with E-state index in [2.05, 4.69) is 19.9 Å². The monoisotopic (exact) mass is 641 g/mol. The number of pyridine rings is 1. The molecule has 4 rings (SSSR count). The molecule has 0 radical (unpaired) electrons. The SMILES string of the molecule is Nc1cc(C(F)(F)F)c2nc1-c1nnc(o1)C(C(CCO)C(F)(F)F)CCCCN(Cc1ccc(OC(F)(F)F)cc1)C2=O. The molecule has 18 heteroatoms. The third kappa shape index (κ3) is 7.70. The molecule has 44 heavy (non-hydrogen) atoms. The van der Waals surface area contributed by atoms with Gasteiger partial charge >= 0.3 is 18.7 Å². The summed E-state index contributed by atoms with van der Waals surface area (Å²) in [5.74, 6) is -6.51. The second-order valence-corrected chi connectivity index (χ2v) is 9.95. The number of hydrogen-bond donors (Lipinski definition) is 2. The topological polar surface area (TPSA) is 128 Å². The van der Waals surface area contributed by atoms with Gasteiger partial charge in [-0.2, -0.15) is 26.3 Å². The van der Waals surface area contributed by atoms with Crippen molar-refractivity contribution in [2.45, 2.75) is 56.9 Å². The molecule has 2 unspecified atom stereocenters. The summed E-state index contributed by atoms with van der Waals surface area (Å²) in [5, 5.41) is 16.6. The van der Waals surface area contributed by atoms with Gasteiger partial charge in [-0.1, -0.05) is 18.6 Å². The van der Waals surface area contributed by atoms with Crippen LogP contribution >= 0.6 is 0 Å². The number of aliphatic hydroxyl groups excluding tert-OH is 1. The van der Waals surface area contributed by atoms with Crippen LogP contribution in [0.5, 0.6) is 5.75 Å². The van der Waals surface area contributed by atoms with Gasteiger partial charge in [0.15, 0.2) is 5.69 Å². The normalized spacial score (nSPS) is 17.5. The Morgan fingerprint density at radius 2 is 1.70 bits per heavy atom. The predicted octanol–water partition coefficient (Wildman–Crippen LogP) is 6.10. The Morgan fingerprint density at radius 1 is 1.02 bits per heavy atom. The van der Waals surface area contributed by atoms with Crippen LogP contribution in [-0.4, -0.2) is 56.8 Å². The summed E-state index contributed by atoms with van der Waals surface area (Å²) in [7, 11) is 0. The molecule has 4 bridgehead atoms. The number of halogens is 9. The van der Waals surface area contributed by atoms with Gasteiger partial charge in [-0.25, -0.2) is 4.98 Å². The molecule has 0 saturated heterocycles. The minimum atomic E-state index is -5.11. The average molecular weight is 641 g/mol. The Hall–Kier alpha value is -4.09. The molecule has 0 saturated carbocycles. The van der Waals surface area contributed by atoms with Crippen LogP contribution in [0.1, 0.15) is 59.1 Å². The van der Waals surface area contributed by atoms with Crippen LogP contribution in [0.15, 0.2) is 34.7 Å². The number of nitrogens with zero attached hydrogens (tertiary/aromatic N) is 4. The smallest absolute Gasteiger partial charge is 0.419 e. The van der Waals surface area contributed by atoms with Crippen LogP contribution in [0.4, 0.5) is 45.2 Å². The van der Waals surface area contributed by atoms with E-state index in [9.17, 15) is 49.4 Å². The number of alkyl halides is 9. The molecule has 3 aromatic rings. The summed E-state index contributed by atoms with van der Waals surface area (Å²) in [6.45, 7) is -1.48. The Morgan fingerprint density at radius 3 is 2.30 bits per heavy atom. The highest BCUT2D eigenvalue weighted by molar-refractivity contribution is 5.95. The van der Waals surface area contributed by atoms with Crippen LogP contribution < -0.4 is 10.5 Å². The predicted molar refractivity (Wildman–Crippen MR) is 133 cm³/mol. The number of aromatic nitrogens is 3. The number of aliphatic hydroxyl groups is 1. The molecule has 1 amide bonds. The van der Waals surface area contributed by atoms with Gasteiger partial charge in [0.05, 0.1) is 17.2 Å². The number of ether oxygens (including phenoxy) is 1. The first kappa shape index (κ1) is 32.8. The number of anilines is 1. The standard InChI is InChI=1S/C26H24F9N5O4/c27-24(28,29)16(8-10-41)15-3-1-2-9-40(12-13-4-6-14(7-5-13)44-26(33,34)35)23(42)19-17(25(30,31)32)11-18(36)20(37-19)22-39-38-21(15)43-22/h4-7,11,15-16,41H,1-3,8-10,12,36H2. The molecule has 3 N–H and O–H groups in total. The van der Waals surface area contributed by atoms with Crippen molar-refractivity contribution < 1.29 is 58.6 Å². The lowest BCUT2D eigenvalue weighted by Gasteiger charge is -2.27. The van der Waals surface area contributed by atoms with Crippen molar-refractivity contribution in [3.8, 4) is 17.3 Å². The molecular weight excluding hydrogens is 617 g/mol. The molecule has 3 heterocycles. The van der Waals surface area contributed by atoms with E-state index >= 15 is 0 Å². The van der Waals surface area contributed by atoms with E-state index in [0.29, 0.717) is 6.07 Å². The number of nitrogens with two attached hydrogens (primary N) is 1. The number of amides is 1. The Kier molecular flexibility index (Phi) is 9.32. The molecule has 1 aliphatic rings. The van der Waals surface area contributed by atoms with Crippen molar-refractivity contribution in [2.24, 2.45) is 5.92 Å². The fourth-order valence-electron chi connectivity index (χ4n) is 4.87. The van der Waals surface area contributed by atoms with Crippen molar-refractivity contribution in [1.29, 1.82) is 0 Å². The first-order chi connectivity index (χ1) is 20.5. The number of fused-ring (bicyclic) bond motifs is 5. The van der Waals surface area contributed by atoms with Gasteiger partial charge < -0.3 is 24.9 Å². The quantitative estimate of drug-likeness (QED) is 0.309. The maximum atomic E-state index is 14.0. The minimum Gasteiger partial charge on any atom is -0.419 e. The lowest BCUT2D eigenvalue weighted by molar-refractivity contribution is -0.274. The Labute approximate surface area is 242 Å². The van der Waals surface area contributed by atoms with E-state index in [1.54, 1.807) is 0 Å². The molecule has 2 atom stereocenters. The molecule has 0 spiro atoms. The Bertz CT molecular complexity index is 1460. The maximum Gasteiger partial charge on any atom is 0.573 e. The van der Waals surface area contributed by atoms with Crippen LogP contribution in [0.3, 0.4) is 0 Å². The van der Waals surface area contributed by atoms with Crippen LogP contribution in [-0.2, 0) is 12.7 Å². The van der Waals surface area contributed by atoms with E-state index in [0.717, 1.165) is 17.0 Å². The fourth-order valence-corrected chi connectivity index (χ4v) is 4.87. The molecule has 2 aromatic heterocycles. The van der Waals surface area contributed by atoms with Crippen molar-refractivity contribution in [3.63, 3.8) is 0 Å². The van der Waals surface area contributed by atoms with Gasteiger partial charge in [-0.15, -0.1) is 23.4 Å². The van der Waals surface area contributed by atoms with E-state index in [1.807, 2.05) is 0 Å². The van der Waals surface area contributed by atoms with Crippen molar-refractivity contribution in [1.82, 2.24) is 20.1 Å². The molecule has 0 fully saturated rings. The lowest BCUT2D eigenvalue weighted by atomic mass is 9.85. The van der Waals surface area contributed by atoms with Gasteiger partial charge in [-0.3, -0.25) is 4.79 Å². The zero-order chi connectivity index (χ0) is 32.4. The number of hydrogen-bond acceptors (Lipinski definition) is 8. The van der Waals surface area contributed by atoms with E-state index in [4.69, 9.17) is 10.2 Å². The highest BCUT2D eigenvalue weighted by Crippen LogP contribution is 2.43. The highest BCUT2D eigenvalue weighted by Gasteiger charge is 2.47. The second-order valence-electron chi connectivity index (χ2n) is 9.95. The van der Waals surface area contributed by atoms with Gasteiger partial charge in [-0.05, 0) is 43.0 Å². The number of carbonyl (C=O) groups is 1. The molecule has 1 aliphatic heterocycles. The first-order valence-electron chi connectivity index (χ1n) is 13.0. The lowest BCUT2D eigenvalue weighted by Crippen LogP contribution is -2.34. The highest BCUT2D eigenvalue weighted by atomic mass is 19.4. The van der Waals surface area contributed by atoms with E-state index < -0.39 is 96.2 Å². The first-order valence-corrected chi connectivity index (χ1v) is 13.0. The third-order valence-electron chi connectivity index (χ3n) is 6.88. The fraction of sp³-hybridized carbons (Fsp3) is 0.462. The van der Waals surface area contributed by atoms with E-state index in [1.165, 1.54) is 12.1 Å². The molecular formula is C26H24F9N5O4. The minimum absolute atomic E-state index is 0.00179. The zero-order valence-corrected chi connectivity index (χ0v) is 22.4. The zero-order valence-electron chi connectivity index (χ0n) is 22.4. The number of nitrogen functional groups attached to an aromatic ring is 1. The van der Waals surface area contributed by atoms with Gasteiger partial charge in [0.25, 0.3) is 11.8 Å². The number of benzene rings is 1. The summed E-state index contributed by atoms with van der Waals surface area (Å²) >= 11 is 0. The maximum absolute atomic E-state index is 14.0. The molecule has 9 nitrogen and oxygen atoms in total. The van der Waals surface area contributed by atoms with Crippen molar-refractivity contribution in [2.75, 3.05) is 18.9 Å². The van der Waals surface area contributed by atoms with Crippen LogP contribution in [0.25, 0.3) is 11.6 Å². The third-order valence-corrected chi connectivity index (χ3v) is 6.88. The second kappa shape index (κ2) is 12.5.